The molecule has 0 bridgehead atoms. The lowest BCUT2D eigenvalue weighted by Crippen LogP contribution is -2.26. The minimum Gasteiger partial charge on any atom is -0.471 e. The van der Waals surface area contributed by atoms with Gasteiger partial charge in [0.1, 0.15) is 6.61 Å². The standard InChI is InChI=1S/C8H8ClN3O5/c9-5-3-6(12(15)16)7(11-4-5)17-2-1-10-8(13)14/h3-4,10H,1-2H2,(H,13,14). The van der Waals surface area contributed by atoms with Crippen molar-refractivity contribution in [1.82, 2.24) is 10.3 Å². The third-order valence-corrected chi connectivity index (χ3v) is 1.82. The summed E-state index contributed by atoms with van der Waals surface area (Å²) in [4.78, 5) is 23.7. The molecule has 1 rings (SSSR count). The number of nitrogens with one attached hydrogen (secondary N) is 1. The van der Waals surface area contributed by atoms with Crippen molar-refractivity contribution in [1.29, 1.82) is 0 Å². The molecular formula is C8H8ClN3O5. The Kier molecular flexibility index (Phi) is 4.46. The number of ether oxygens (including phenoxy) is 1. The van der Waals surface area contributed by atoms with Crippen molar-refractivity contribution in [2.75, 3.05) is 13.2 Å². The van der Waals surface area contributed by atoms with Gasteiger partial charge in [0.05, 0.1) is 22.7 Å². The van der Waals surface area contributed by atoms with Crippen LogP contribution in [-0.2, 0) is 0 Å². The molecule has 0 spiro atoms. The molecule has 8 nitrogen and oxygen atoms in total. The first kappa shape index (κ1) is 13.0. The third-order valence-electron chi connectivity index (χ3n) is 1.61. The number of carbonyl (C=O) groups is 1. The van der Waals surface area contributed by atoms with Crippen molar-refractivity contribution >= 4 is 23.4 Å². The Hall–Kier alpha value is -2.09. The molecule has 0 saturated carbocycles. The zero-order valence-electron chi connectivity index (χ0n) is 8.42. The molecule has 0 saturated heterocycles. The molecule has 1 aromatic rings. The van der Waals surface area contributed by atoms with Crippen LogP contribution in [0, 0.1) is 10.1 Å². The van der Waals surface area contributed by atoms with Crippen LogP contribution in [0.3, 0.4) is 0 Å². The number of rotatable bonds is 5. The van der Waals surface area contributed by atoms with Gasteiger partial charge >= 0.3 is 11.8 Å². The van der Waals surface area contributed by atoms with Crippen LogP contribution in [-0.4, -0.2) is 34.3 Å². The summed E-state index contributed by atoms with van der Waals surface area (Å²) in [6.45, 7) is -0.0709. The quantitative estimate of drug-likeness (QED) is 0.469. The number of nitro groups is 1. The number of hydrogen-bond acceptors (Lipinski definition) is 5. The number of carboxylic acid groups (broad SMARTS) is 1. The topological polar surface area (TPSA) is 115 Å². The highest BCUT2D eigenvalue weighted by Crippen LogP contribution is 2.26. The lowest BCUT2D eigenvalue weighted by atomic mass is 10.4. The summed E-state index contributed by atoms with van der Waals surface area (Å²) >= 11 is 5.55. The highest BCUT2D eigenvalue weighted by molar-refractivity contribution is 6.30. The predicted octanol–water partition coefficient (Wildman–Crippen LogP) is 1.29. The normalized spacial score (nSPS) is 9.71. The Bertz CT molecular complexity index is 439. The second kappa shape index (κ2) is 5.85. The summed E-state index contributed by atoms with van der Waals surface area (Å²) < 4.78 is 4.97. The van der Waals surface area contributed by atoms with Gasteiger partial charge in [0.25, 0.3) is 5.88 Å². The zero-order valence-corrected chi connectivity index (χ0v) is 9.18. The van der Waals surface area contributed by atoms with E-state index in [1.807, 2.05) is 5.32 Å². The van der Waals surface area contributed by atoms with Crippen LogP contribution >= 0.6 is 11.6 Å². The molecule has 0 fully saturated rings. The zero-order chi connectivity index (χ0) is 12.8. The van der Waals surface area contributed by atoms with Gasteiger partial charge in [-0.2, -0.15) is 0 Å². The van der Waals surface area contributed by atoms with E-state index in [1.54, 1.807) is 0 Å². The number of aromatic nitrogens is 1. The lowest BCUT2D eigenvalue weighted by Gasteiger charge is -2.05. The molecule has 1 aromatic heterocycles. The average molecular weight is 262 g/mol. The monoisotopic (exact) mass is 261 g/mol. The Labute approximate surface area is 100 Å². The molecule has 9 heteroatoms. The Morgan fingerprint density at radius 1 is 1.71 bits per heavy atom. The predicted molar refractivity (Wildman–Crippen MR) is 57.4 cm³/mol. The van der Waals surface area contributed by atoms with Crippen molar-refractivity contribution in [3.05, 3.63) is 27.4 Å². The molecule has 2 N–H and O–H groups in total. The van der Waals surface area contributed by atoms with E-state index in [0.29, 0.717) is 0 Å². The van der Waals surface area contributed by atoms with Crippen molar-refractivity contribution in [2.45, 2.75) is 0 Å². The van der Waals surface area contributed by atoms with Gasteiger partial charge in [0.2, 0.25) is 0 Å². The summed E-state index contributed by atoms with van der Waals surface area (Å²) in [6.07, 6.45) is 0.00119. The van der Waals surface area contributed by atoms with Crippen LogP contribution in [0.15, 0.2) is 12.3 Å². The SMILES string of the molecule is O=C(O)NCCOc1ncc(Cl)cc1[N+](=O)[O-]. The maximum Gasteiger partial charge on any atom is 0.404 e. The van der Waals surface area contributed by atoms with Gasteiger partial charge in [-0.3, -0.25) is 10.1 Å². The molecule has 92 valence electrons. The molecule has 0 radical (unpaired) electrons. The maximum absolute atomic E-state index is 10.6. The van der Waals surface area contributed by atoms with Gasteiger partial charge in [-0.1, -0.05) is 11.6 Å². The fraction of sp³-hybridized carbons (Fsp3) is 0.250. The molecule has 1 heterocycles. The Morgan fingerprint density at radius 3 is 3.00 bits per heavy atom. The Morgan fingerprint density at radius 2 is 2.41 bits per heavy atom. The summed E-state index contributed by atoms with van der Waals surface area (Å²) in [5.41, 5.74) is -0.368. The second-order valence-electron chi connectivity index (χ2n) is 2.82. The molecule has 0 aliphatic carbocycles. The number of halogens is 1. The smallest absolute Gasteiger partial charge is 0.404 e. The molecular weight excluding hydrogens is 254 g/mol. The van der Waals surface area contributed by atoms with E-state index in [4.69, 9.17) is 21.4 Å². The molecule has 0 aliphatic heterocycles. The summed E-state index contributed by atoms with van der Waals surface area (Å²) in [5.74, 6) is -0.202. The van der Waals surface area contributed by atoms with Crippen molar-refractivity contribution in [2.24, 2.45) is 0 Å². The largest absolute Gasteiger partial charge is 0.471 e. The minimum absolute atomic E-state index is 0.00318. The van der Waals surface area contributed by atoms with Crippen LogP contribution in [0.1, 0.15) is 0 Å². The fourth-order valence-corrected chi connectivity index (χ4v) is 1.12. The lowest BCUT2D eigenvalue weighted by molar-refractivity contribution is -0.386. The summed E-state index contributed by atoms with van der Waals surface area (Å²) in [7, 11) is 0. The molecule has 0 unspecified atom stereocenters. The molecule has 0 aromatic carbocycles. The molecule has 0 atom stereocenters. The first-order valence-corrected chi connectivity index (χ1v) is 4.78. The van der Waals surface area contributed by atoms with Gasteiger partial charge in [0.15, 0.2) is 0 Å². The molecule has 0 aliphatic rings. The van der Waals surface area contributed by atoms with Crippen LogP contribution < -0.4 is 10.1 Å². The van der Waals surface area contributed by atoms with Crippen molar-refractivity contribution in [3.8, 4) is 5.88 Å². The van der Waals surface area contributed by atoms with E-state index in [1.165, 1.54) is 6.20 Å². The molecule has 17 heavy (non-hydrogen) atoms. The van der Waals surface area contributed by atoms with Gasteiger partial charge < -0.3 is 15.2 Å². The highest BCUT2D eigenvalue weighted by atomic mass is 35.5. The Balaban J connectivity index is 2.64. The van der Waals surface area contributed by atoms with Gasteiger partial charge in [-0.25, -0.2) is 9.78 Å². The van der Waals surface area contributed by atoms with E-state index >= 15 is 0 Å². The first-order chi connectivity index (χ1) is 8.00. The van der Waals surface area contributed by atoms with E-state index in [9.17, 15) is 14.9 Å². The number of nitrogens with zero attached hydrogens (tertiary/aromatic N) is 2. The van der Waals surface area contributed by atoms with E-state index < -0.39 is 11.0 Å². The third kappa shape index (κ3) is 4.11. The second-order valence-corrected chi connectivity index (χ2v) is 3.25. The number of hydrogen-bond donors (Lipinski definition) is 2. The number of amides is 1. The van der Waals surface area contributed by atoms with Crippen molar-refractivity contribution < 1.29 is 19.6 Å². The van der Waals surface area contributed by atoms with Crippen LogP contribution in [0.2, 0.25) is 5.02 Å². The van der Waals surface area contributed by atoms with E-state index in [2.05, 4.69) is 4.98 Å². The van der Waals surface area contributed by atoms with Gasteiger partial charge in [-0.15, -0.1) is 0 Å². The van der Waals surface area contributed by atoms with Crippen molar-refractivity contribution in [3.63, 3.8) is 0 Å². The van der Waals surface area contributed by atoms with E-state index in [0.717, 1.165) is 6.07 Å². The minimum atomic E-state index is -1.20. The maximum atomic E-state index is 10.6. The van der Waals surface area contributed by atoms with Gasteiger partial charge in [0, 0.05) is 6.07 Å². The number of pyridine rings is 1. The first-order valence-electron chi connectivity index (χ1n) is 4.40. The summed E-state index contributed by atoms with van der Waals surface area (Å²) in [5, 5.41) is 21.1. The van der Waals surface area contributed by atoms with Gasteiger partial charge in [-0.05, 0) is 0 Å². The average Bonchev–Trinajstić information content (AvgIpc) is 2.25. The highest BCUT2D eigenvalue weighted by Gasteiger charge is 2.17. The summed E-state index contributed by atoms with van der Waals surface area (Å²) in [6, 6.07) is 1.11. The van der Waals surface area contributed by atoms with Crippen LogP contribution in [0.5, 0.6) is 5.88 Å². The van der Waals surface area contributed by atoms with E-state index in [-0.39, 0.29) is 29.7 Å². The fourth-order valence-electron chi connectivity index (χ4n) is 0.964. The van der Waals surface area contributed by atoms with Crippen LogP contribution in [0.25, 0.3) is 0 Å². The van der Waals surface area contributed by atoms with Crippen LogP contribution in [0.4, 0.5) is 10.5 Å². The molecule has 1 amide bonds.